The maximum absolute atomic E-state index is 12.9. The zero-order valence-electron chi connectivity index (χ0n) is 19.3. The summed E-state index contributed by atoms with van der Waals surface area (Å²) >= 11 is 5.47. The van der Waals surface area contributed by atoms with Gasteiger partial charge in [-0.3, -0.25) is 4.79 Å². The van der Waals surface area contributed by atoms with E-state index in [0.717, 1.165) is 23.3 Å². The number of rotatable bonds is 4. The first-order valence-corrected chi connectivity index (χ1v) is 12.6. The topological polar surface area (TPSA) is 87.4 Å². The summed E-state index contributed by atoms with van der Waals surface area (Å²) in [6.07, 6.45) is 8.23. The molecular formula is C27H29N3O3S. The van der Waals surface area contributed by atoms with Gasteiger partial charge in [0.1, 0.15) is 11.3 Å². The number of nitrogens with one attached hydrogen (secondary N) is 2. The van der Waals surface area contributed by atoms with Crippen molar-refractivity contribution in [1.82, 2.24) is 10.3 Å². The SMILES string of the molecule is Cc1cc(NC(=S)NC(=O)CC23CC4CC(CC(C4)C2)C3)cc(-c2nc3ccccc3o2)c1O. The lowest BCUT2D eigenvalue weighted by Crippen LogP contribution is -2.48. The van der Waals surface area contributed by atoms with Gasteiger partial charge < -0.3 is 20.2 Å². The zero-order valence-corrected chi connectivity index (χ0v) is 20.1. The lowest BCUT2D eigenvalue weighted by Gasteiger charge is -2.56. The molecule has 1 aromatic heterocycles. The summed E-state index contributed by atoms with van der Waals surface area (Å²) in [6, 6.07) is 11.0. The Bertz CT molecular complexity index is 1230. The number of hydrogen-bond donors (Lipinski definition) is 3. The van der Waals surface area contributed by atoms with E-state index in [0.29, 0.717) is 34.7 Å². The largest absolute Gasteiger partial charge is 0.507 e. The second-order valence-electron chi connectivity index (χ2n) is 10.8. The number of fused-ring (bicyclic) bond motifs is 1. The second kappa shape index (κ2) is 8.08. The molecule has 3 N–H and O–H groups in total. The summed E-state index contributed by atoms with van der Waals surface area (Å²) < 4.78 is 5.85. The highest BCUT2D eigenvalue weighted by molar-refractivity contribution is 7.80. The average Bonchev–Trinajstić information content (AvgIpc) is 3.18. The summed E-state index contributed by atoms with van der Waals surface area (Å²) in [7, 11) is 0. The number of hydrogen-bond acceptors (Lipinski definition) is 5. The van der Waals surface area contributed by atoms with E-state index in [9.17, 15) is 9.90 Å². The summed E-state index contributed by atoms with van der Waals surface area (Å²) in [5, 5.41) is 16.9. The molecule has 7 heteroatoms. The van der Waals surface area contributed by atoms with Crippen LogP contribution in [0.5, 0.6) is 5.75 Å². The first kappa shape index (κ1) is 21.6. The van der Waals surface area contributed by atoms with Crippen LogP contribution in [0.15, 0.2) is 40.8 Å². The fraction of sp³-hybridized carbons (Fsp3) is 0.444. The van der Waals surface area contributed by atoms with Gasteiger partial charge in [0.05, 0.1) is 5.56 Å². The number of carbonyl (C=O) groups is 1. The minimum absolute atomic E-state index is 0.00544. The molecule has 0 atom stereocenters. The van der Waals surface area contributed by atoms with Gasteiger partial charge in [-0.05, 0) is 111 Å². The minimum atomic E-state index is -0.00544. The number of aromatic hydroxyl groups is 1. The van der Waals surface area contributed by atoms with Crippen LogP contribution in [0, 0.1) is 30.1 Å². The Balaban J connectivity index is 1.15. The van der Waals surface area contributed by atoms with Crippen molar-refractivity contribution < 1.29 is 14.3 Å². The van der Waals surface area contributed by atoms with E-state index in [2.05, 4.69) is 15.6 Å². The monoisotopic (exact) mass is 475 g/mol. The Hall–Kier alpha value is -2.93. The molecule has 1 heterocycles. The highest BCUT2D eigenvalue weighted by Crippen LogP contribution is 2.61. The Labute approximate surface area is 204 Å². The number of phenols is 1. The van der Waals surface area contributed by atoms with Gasteiger partial charge in [-0.25, -0.2) is 4.98 Å². The number of phenolic OH excluding ortho intramolecular Hbond substituents is 1. The van der Waals surface area contributed by atoms with Crippen molar-refractivity contribution in [2.75, 3.05) is 5.32 Å². The van der Waals surface area contributed by atoms with E-state index < -0.39 is 0 Å². The molecule has 6 nitrogen and oxygen atoms in total. The number of thiocarbonyl (C=S) groups is 1. The standard InChI is InChI=1S/C27H29N3O3S/c1-15-6-19(10-20(24(15)32)25-29-21-4-2-3-5-22(21)33-25)28-26(34)30-23(31)14-27-11-16-7-17(12-27)9-18(8-16)13-27/h2-6,10,16-18,32H,7-9,11-14H2,1H3,(H2,28,30,31,34). The van der Waals surface area contributed by atoms with Gasteiger partial charge in [-0.1, -0.05) is 12.1 Å². The van der Waals surface area contributed by atoms with Crippen LogP contribution in [-0.4, -0.2) is 21.1 Å². The number of anilines is 1. The molecule has 0 aliphatic heterocycles. The molecule has 4 saturated carbocycles. The lowest BCUT2D eigenvalue weighted by molar-refractivity contribution is -0.127. The molecule has 0 spiro atoms. The van der Waals surface area contributed by atoms with Crippen molar-refractivity contribution in [2.45, 2.75) is 51.9 Å². The predicted molar refractivity (Wildman–Crippen MR) is 135 cm³/mol. The summed E-state index contributed by atoms with van der Waals surface area (Å²) in [5.41, 5.74) is 3.34. The van der Waals surface area contributed by atoms with Crippen LogP contribution in [0.25, 0.3) is 22.6 Å². The van der Waals surface area contributed by atoms with Crippen LogP contribution in [-0.2, 0) is 4.79 Å². The number of amides is 1. The molecule has 2 aromatic carbocycles. The van der Waals surface area contributed by atoms with Crippen LogP contribution < -0.4 is 10.6 Å². The predicted octanol–water partition coefficient (Wildman–Crippen LogP) is 5.93. The Kier molecular flexibility index (Phi) is 5.13. The summed E-state index contributed by atoms with van der Waals surface area (Å²) in [6.45, 7) is 1.81. The highest BCUT2D eigenvalue weighted by Gasteiger charge is 2.51. The quantitative estimate of drug-likeness (QED) is 0.320. The molecule has 0 saturated heterocycles. The number of para-hydroxylation sites is 2. The fourth-order valence-corrected chi connectivity index (χ4v) is 7.41. The number of oxazole rings is 1. The lowest BCUT2D eigenvalue weighted by atomic mass is 9.49. The van der Waals surface area contributed by atoms with Crippen molar-refractivity contribution in [1.29, 1.82) is 0 Å². The van der Waals surface area contributed by atoms with Crippen molar-refractivity contribution in [3.63, 3.8) is 0 Å². The molecule has 4 aliphatic carbocycles. The summed E-state index contributed by atoms with van der Waals surface area (Å²) in [4.78, 5) is 17.4. The average molecular weight is 476 g/mol. The molecule has 1 amide bonds. The number of nitrogens with zero attached hydrogens (tertiary/aromatic N) is 1. The van der Waals surface area contributed by atoms with Crippen molar-refractivity contribution in [2.24, 2.45) is 23.2 Å². The minimum Gasteiger partial charge on any atom is -0.507 e. The molecular weight excluding hydrogens is 446 g/mol. The van der Waals surface area contributed by atoms with E-state index >= 15 is 0 Å². The fourth-order valence-electron chi connectivity index (χ4n) is 7.18. The van der Waals surface area contributed by atoms with Gasteiger partial charge in [0.25, 0.3) is 0 Å². The Morgan fingerprint density at radius 2 is 1.82 bits per heavy atom. The number of benzene rings is 2. The highest BCUT2D eigenvalue weighted by atomic mass is 32.1. The molecule has 176 valence electrons. The van der Waals surface area contributed by atoms with Crippen LogP contribution in [0.4, 0.5) is 5.69 Å². The van der Waals surface area contributed by atoms with Crippen molar-refractivity contribution in [3.05, 3.63) is 42.0 Å². The second-order valence-corrected chi connectivity index (χ2v) is 11.2. The first-order valence-electron chi connectivity index (χ1n) is 12.2. The van der Waals surface area contributed by atoms with Gasteiger partial charge in [-0.2, -0.15) is 0 Å². The maximum atomic E-state index is 12.9. The smallest absolute Gasteiger partial charge is 0.231 e. The van der Waals surface area contributed by atoms with Crippen LogP contribution in [0.3, 0.4) is 0 Å². The number of aryl methyl sites for hydroxylation is 1. The third-order valence-corrected chi connectivity index (χ3v) is 8.24. The van der Waals surface area contributed by atoms with Crippen molar-refractivity contribution >= 4 is 40.0 Å². The molecule has 4 bridgehead atoms. The van der Waals surface area contributed by atoms with E-state index in [4.69, 9.17) is 16.6 Å². The molecule has 0 unspecified atom stereocenters. The van der Waals surface area contributed by atoms with E-state index in [-0.39, 0.29) is 22.2 Å². The zero-order chi connectivity index (χ0) is 23.4. The molecule has 3 aromatic rings. The Morgan fingerprint density at radius 3 is 2.50 bits per heavy atom. The van der Waals surface area contributed by atoms with Gasteiger partial charge in [0.15, 0.2) is 10.7 Å². The van der Waals surface area contributed by atoms with Gasteiger partial charge in [0, 0.05) is 12.1 Å². The molecule has 0 radical (unpaired) electrons. The van der Waals surface area contributed by atoms with E-state index in [1.165, 1.54) is 38.5 Å². The third-order valence-electron chi connectivity index (χ3n) is 8.04. The van der Waals surface area contributed by atoms with Gasteiger partial charge >= 0.3 is 0 Å². The maximum Gasteiger partial charge on any atom is 0.231 e. The molecule has 34 heavy (non-hydrogen) atoms. The van der Waals surface area contributed by atoms with Crippen LogP contribution in [0.2, 0.25) is 0 Å². The van der Waals surface area contributed by atoms with E-state index in [1.54, 1.807) is 19.1 Å². The molecule has 4 aliphatic rings. The third kappa shape index (κ3) is 3.96. The van der Waals surface area contributed by atoms with Gasteiger partial charge in [0.2, 0.25) is 11.8 Å². The van der Waals surface area contributed by atoms with E-state index in [1.807, 2.05) is 24.3 Å². The van der Waals surface area contributed by atoms with Crippen LogP contribution >= 0.6 is 12.2 Å². The number of carbonyl (C=O) groups excluding carboxylic acids is 1. The van der Waals surface area contributed by atoms with Gasteiger partial charge in [-0.15, -0.1) is 0 Å². The molecule has 4 fully saturated rings. The van der Waals surface area contributed by atoms with Crippen molar-refractivity contribution in [3.8, 4) is 17.2 Å². The first-order chi connectivity index (χ1) is 16.4. The number of aromatic nitrogens is 1. The summed E-state index contributed by atoms with van der Waals surface area (Å²) in [5.74, 6) is 2.88. The molecule has 7 rings (SSSR count). The van der Waals surface area contributed by atoms with Crippen LogP contribution in [0.1, 0.15) is 50.5 Å². The Morgan fingerprint density at radius 1 is 1.15 bits per heavy atom. The normalized spacial score (nSPS) is 27.1.